The smallest absolute Gasteiger partial charge is 0.244 e. The van der Waals surface area contributed by atoms with Gasteiger partial charge in [-0.05, 0) is 42.7 Å². The van der Waals surface area contributed by atoms with Crippen LogP contribution in [0.15, 0.2) is 23.1 Å². The summed E-state index contributed by atoms with van der Waals surface area (Å²) in [5.41, 5.74) is 0.148. The second-order valence-corrected chi connectivity index (χ2v) is 8.93. The maximum absolute atomic E-state index is 12.8. The molecule has 1 aliphatic rings. The Kier molecular flexibility index (Phi) is 5.26. The number of hydrogen-bond acceptors (Lipinski definition) is 4. The molecule has 130 valence electrons. The Bertz CT molecular complexity index is 655. The quantitative estimate of drug-likeness (QED) is 0.893. The maximum atomic E-state index is 12.8. The zero-order chi connectivity index (χ0) is 17.3. The van der Waals surface area contributed by atoms with Crippen LogP contribution in [0.1, 0.15) is 40.0 Å². The molecule has 0 amide bonds. The van der Waals surface area contributed by atoms with Crippen molar-refractivity contribution in [3.63, 3.8) is 0 Å². The number of nitrogens with one attached hydrogen (secondary N) is 1. The first-order chi connectivity index (χ1) is 10.7. The van der Waals surface area contributed by atoms with Gasteiger partial charge in [-0.1, -0.05) is 20.8 Å². The number of ether oxygens (including phenoxy) is 2. The molecule has 2 atom stereocenters. The van der Waals surface area contributed by atoms with Gasteiger partial charge in [-0.3, -0.25) is 0 Å². The molecule has 6 heteroatoms. The van der Waals surface area contributed by atoms with Crippen molar-refractivity contribution < 1.29 is 17.9 Å². The molecule has 1 aromatic rings. The van der Waals surface area contributed by atoms with Gasteiger partial charge in [-0.15, -0.1) is 0 Å². The normalized spacial score (nSPS) is 24.2. The lowest BCUT2D eigenvalue weighted by atomic mass is 9.71. The predicted octanol–water partition coefficient (Wildman–Crippen LogP) is 3.20. The zero-order valence-corrected chi connectivity index (χ0v) is 15.4. The highest BCUT2D eigenvalue weighted by molar-refractivity contribution is 7.89. The van der Waals surface area contributed by atoms with Crippen molar-refractivity contribution in [1.82, 2.24) is 4.72 Å². The van der Waals surface area contributed by atoms with Gasteiger partial charge in [-0.2, -0.15) is 0 Å². The van der Waals surface area contributed by atoms with Crippen molar-refractivity contribution in [2.75, 3.05) is 14.2 Å². The summed E-state index contributed by atoms with van der Waals surface area (Å²) in [4.78, 5) is 0.150. The summed E-state index contributed by atoms with van der Waals surface area (Å²) in [5, 5.41) is 0. The molecular formula is C17H27NO4S. The van der Waals surface area contributed by atoms with Crippen LogP contribution in [0.4, 0.5) is 0 Å². The molecule has 0 saturated heterocycles. The molecule has 0 radical (unpaired) electrons. The van der Waals surface area contributed by atoms with Crippen molar-refractivity contribution in [3.05, 3.63) is 18.2 Å². The molecule has 5 nitrogen and oxygen atoms in total. The van der Waals surface area contributed by atoms with Crippen molar-refractivity contribution in [2.24, 2.45) is 11.3 Å². The average molecular weight is 341 g/mol. The van der Waals surface area contributed by atoms with Gasteiger partial charge in [0.1, 0.15) is 16.4 Å². The third kappa shape index (κ3) is 4.38. The fourth-order valence-corrected chi connectivity index (χ4v) is 5.12. The van der Waals surface area contributed by atoms with E-state index in [-0.39, 0.29) is 16.4 Å². The first-order valence-electron chi connectivity index (χ1n) is 7.91. The number of hydrogen-bond donors (Lipinski definition) is 1. The number of methoxy groups -OCH3 is 2. The summed E-state index contributed by atoms with van der Waals surface area (Å²) in [5.74, 6) is 1.36. The van der Waals surface area contributed by atoms with E-state index in [2.05, 4.69) is 25.5 Å². The molecule has 1 saturated carbocycles. The summed E-state index contributed by atoms with van der Waals surface area (Å²) in [6.45, 7) is 6.56. The highest BCUT2D eigenvalue weighted by Crippen LogP contribution is 2.39. The largest absolute Gasteiger partial charge is 0.497 e. The minimum atomic E-state index is -3.63. The van der Waals surface area contributed by atoms with Crippen LogP contribution in [-0.4, -0.2) is 28.7 Å². The van der Waals surface area contributed by atoms with E-state index in [4.69, 9.17) is 9.47 Å². The molecule has 0 bridgehead atoms. The van der Waals surface area contributed by atoms with Gasteiger partial charge in [0.2, 0.25) is 10.0 Å². The Morgan fingerprint density at radius 3 is 2.43 bits per heavy atom. The lowest BCUT2D eigenvalue weighted by Crippen LogP contribution is -2.42. The van der Waals surface area contributed by atoms with Crippen molar-refractivity contribution >= 4 is 10.0 Å². The van der Waals surface area contributed by atoms with Gasteiger partial charge >= 0.3 is 0 Å². The van der Waals surface area contributed by atoms with Gasteiger partial charge in [0.15, 0.2) is 0 Å². The van der Waals surface area contributed by atoms with E-state index in [1.54, 1.807) is 12.1 Å². The Morgan fingerprint density at radius 2 is 1.87 bits per heavy atom. The molecule has 23 heavy (non-hydrogen) atoms. The van der Waals surface area contributed by atoms with Crippen LogP contribution < -0.4 is 14.2 Å². The minimum absolute atomic E-state index is 0.0504. The van der Waals surface area contributed by atoms with E-state index in [0.717, 1.165) is 19.3 Å². The van der Waals surface area contributed by atoms with E-state index in [1.165, 1.54) is 20.3 Å². The molecule has 0 spiro atoms. The third-order valence-electron chi connectivity index (χ3n) is 4.37. The van der Waals surface area contributed by atoms with Crippen molar-refractivity contribution in [2.45, 2.75) is 51.0 Å². The van der Waals surface area contributed by atoms with E-state index in [9.17, 15) is 8.42 Å². The fraction of sp³-hybridized carbons (Fsp3) is 0.647. The second-order valence-electron chi connectivity index (χ2n) is 7.25. The highest BCUT2D eigenvalue weighted by Gasteiger charge is 2.34. The number of rotatable bonds is 5. The third-order valence-corrected chi connectivity index (χ3v) is 5.93. The van der Waals surface area contributed by atoms with Crippen molar-refractivity contribution in [1.29, 1.82) is 0 Å². The van der Waals surface area contributed by atoms with Crippen LogP contribution in [0.2, 0.25) is 0 Å². The monoisotopic (exact) mass is 341 g/mol. The van der Waals surface area contributed by atoms with Crippen LogP contribution in [0.3, 0.4) is 0 Å². The molecule has 0 aromatic heterocycles. The Hall–Kier alpha value is -1.27. The van der Waals surface area contributed by atoms with Gasteiger partial charge in [-0.25, -0.2) is 13.1 Å². The minimum Gasteiger partial charge on any atom is -0.497 e. The zero-order valence-electron chi connectivity index (χ0n) is 14.5. The molecule has 1 fully saturated rings. The van der Waals surface area contributed by atoms with E-state index >= 15 is 0 Å². The second kappa shape index (κ2) is 6.69. The lowest BCUT2D eigenvalue weighted by molar-refractivity contribution is 0.163. The van der Waals surface area contributed by atoms with E-state index < -0.39 is 10.0 Å². The molecule has 2 unspecified atom stereocenters. The van der Waals surface area contributed by atoms with Crippen LogP contribution in [0, 0.1) is 11.3 Å². The molecule has 1 N–H and O–H groups in total. The van der Waals surface area contributed by atoms with Crippen LogP contribution in [0.5, 0.6) is 11.5 Å². The topological polar surface area (TPSA) is 64.6 Å². The summed E-state index contributed by atoms with van der Waals surface area (Å²) >= 11 is 0. The van der Waals surface area contributed by atoms with Gasteiger partial charge in [0, 0.05) is 12.1 Å². The first-order valence-corrected chi connectivity index (χ1v) is 9.39. The Labute approximate surface area is 139 Å². The van der Waals surface area contributed by atoms with Crippen LogP contribution in [-0.2, 0) is 10.0 Å². The predicted molar refractivity (Wildman–Crippen MR) is 90.5 cm³/mol. The molecule has 0 heterocycles. The summed E-state index contributed by atoms with van der Waals surface area (Å²) in [6, 6.07) is 4.69. The fourth-order valence-electron chi connectivity index (χ4n) is 3.72. The summed E-state index contributed by atoms with van der Waals surface area (Å²) in [6.07, 6.45) is 2.83. The SMILES string of the molecule is COc1ccc(S(=O)(=O)NC2CC(C)CC(C)(C)C2)c(OC)c1. The average Bonchev–Trinajstić information content (AvgIpc) is 2.43. The molecule has 1 aliphatic carbocycles. The summed E-state index contributed by atoms with van der Waals surface area (Å²) in [7, 11) is -0.639. The number of benzene rings is 1. The number of sulfonamides is 1. The van der Waals surface area contributed by atoms with Gasteiger partial charge in [0.05, 0.1) is 14.2 Å². The van der Waals surface area contributed by atoms with Crippen LogP contribution >= 0.6 is 0 Å². The Morgan fingerprint density at radius 1 is 1.17 bits per heavy atom. The summed E-state index contributed by atoms with van der Waals surface area (Å²) < 4.78 is 38.7. The van der Waals surface area contributed by atoms with Gasteiger partial charge in [0.25, 0.3) is 0 Å². The lowest BCUT2D eigenvalue weighted by Gasteiger charge is -2.39. The van der Waals surface area contributed by atoms with Crippen molar-refractivity contribution in [3.8, 4) is 11.5 Å². The van der Waals surface area contributed by atoms with E-state index in [1.807, 2.05) is 0 Å². The first kappa shape index (κ1) is 18.1. The molecular weight excluding hydrogens is 314 g/mol. The maximum Gasteiger partial charge on any atom is 0.244 e. The van der Waals surface area contributed by atoms with Gasteiger partial charge < -0.3 is 9.47 Å². The highest BCUT2D eigenvalue weighted by atomic mass is 32.2. The van der Waals surface area contributed by atoms with E-state index in [0.29, 0.717) is 17.4 Å². The Balaban J connectivity index is 2.25. The molecule has 0 aliphatic heterocycles. The van der Waals surface area contributed by atoms with Crippen LogP contribution in [0.25, 0.3) is 0 Å². The molecule has 2 rings (SSSR count). The molecule has 1 aromatic carbocycles. The standard InChI is InChI=1S/C17H27NO4S/c1-12-8-13(11-17(2,3)10-12)18-23(19,20)16-7-6-14(21-4)9-15(16)22-5/h6-7,9,12-13,18H,8,10-11H2,1-5H3.